The molecule has 14 heavy (non-hydrogen) atoms. The summed E-state index contributed by atoms with van der Waals surface area (Å²) in [6, 6.07) is 0.483. The van der Waals surface area contributed by atoms with E-state index in [0.717, 1.165) is 11.8 Å². The molecular weight excluding hydrogens is 170 g/mol. The molecular formula is C13H27N. The summed E-state index contributed by atoms with van der Waals surface area (Å²) in [5.41, 5.74) is 6.51. The molecule has 84 valence electrons. The van der Waals surface area contributed by atoms with Gasteiger partial charge in [-0.1, -0.05) is 27.7 Å². The van der Waals surface area contributed by atoms with Crippen LogP contribution in [0.3, 0.4) is 0 Å². The summed E-state index contributed by atoms with van der Waals surface area (Å²) < 4.78 is 0. The van der Waals surface area contributed by atoms with Gasteiger partial charge in [0.2, 0.25) is 0 Å². The highest BCUT2D eigenvalue weighted by Crippen LogP contribution is 2.35. The second-order valence-corrected chi connectivity index (χ2v) is 6.41. The van der Waals surface area contributed by atoms with Crippen molar-refractivity contribution in [3.8, 4) is 0 Å². The van der Waals surface area contributed by atoms with Gasteiger partial charge in [0.1, 0.15) is 0 Å². The lowest BCUT2D eigenvalue weighted by Crippen LogP contribution is -2.32. The van der Waals surface area contributed by atoms with E-state index in [-0.39, 0.29) is 0 Å². The van der Waals surface area contributed by atoms with Gasteiger partial charge in [0.05, 0.1) is 0 Å². The van der Waals surface area contributed by atoms with Crippen LogP contribution >= 0.6 is 0 Å². The molecule has 1 nitrogen and oxygen atoms in total. The van der Waals surface area contributed by atoms with E-state index >= 15 is 0 Å². The summed E-state index contributed by atoms with van der Waals surface area (Å²) in [5, 5.41) is 0. The quantitative estimate of drug-likeness (QED) is 0.719. The predicted molar refractivity (Wildman–Crippen MR) is 63.2 cm³/mol. The molecule has 2 N–H and O–H groups in total. The lowest BCUT2D eigenvalue weighted by atomic mass is 9.74. The van der Waals surface area contributed by atoms with Crippen LogP contribution in [0.2, 0.25) is 0 Å². The Morgan fingerprint density at radius 3 is 2.43 bits per heavy atom. The minimum atomic E-state index is 0.483. The van der Waals surface area contributed by atoms with Crippen molar-refractivity contribution in [2.45, 2.75) is 65.8 Å². The fourth-order valence-corrected chi connectivity index (χ4v) is 2.47. The van der Waals surface area contributed by atoms with Crippen molar-refractivity contribution in [1.82, 2.24) is 0 Å². The standard InChI is InChI=1S/C13H27N/c1-10-5-6-12(14)9-11(10)7-8-13(2,3)4/h10-12H,5-9,14H2,1-4H3. The smallest absolute Gasteiger partial charge is 0.00416 e. The average Bonchev–Trinajstić information content (AvgIpc) is 2.05. The van der Waals surface area contributed by atoms with E-state index in [1.54, 1.807) is 0 Å². The minimum Gasteiger partial charge on any atom is -0.328 e. The lowest BCUT2D eigenvalue weighted by Gasteiger charge is -2.34. The molecule has 1 rings (SSSR count). The van der Waals surface area contributed by atoms with Gasteiger partial charge in [-0.2, -0.15) is 0 Å². The third-order valence-corrected chi connectivity index (χ3v) is 3.67. The predicted octanol–water partition coefficient (Wildman–Crippen LogP) is 3.58. The summed E-state index contributed by atoms with van der Waals surface area (Å²) in [6.45, 7) is 9.40. The highest BCUT2D eigenvalue weighted by atomic mass is 14.6. The molecule has 3 atom stereocenters. The molecule has 0 aromatic rings. The number of rotatable bonds is 2. The Morgan fingerprint density at radius 1 is 1.21 bits per heavy atom. The average molecular weight is 197 g/mol. The largest absolute Gasteiger partial charge is 0.328 e. The Morgan fingerprint density at radius 2 is 1.86 bits per heavy atom. The highest BCUT2D eigenvalue weighted by Gasteiger charge is 2.26. The Labute approximate surface area is 89.5 Å². The molecule has 0 aromatic carbocycles. The molecule has 1 heteroatoms. The maximum absolute atomic E-state index is 6.03. The Kier molecular flexibility index (Phi) is 4.00. The Hall–Kier alpha value is -0.0400. The fourth-order valence-electron chi connectivity index (χ4n) is 2.47. The van der Waals surface area contributed by atoms with Gasteiger partial charge < -0.3 is 5.73 Å². The molecule has 1 aliphatic carbocycles. The van der Waals surface area contributed by atoms with Crippen molar-refractivity contribution in [3.63, 3.8) is 0 Å². The van der Waals surface area contributed by atoms with Crippen LogP contribution < -0.4 is 5.73 Å². The van der Waals surface area contributed by atoms with Crippen LogP contribution in [0.25, 0.3) is 0 Å². The van der Waals surface area contributed by atoms with Gasteiger partial charge in [0.15, 0.2) is 0 Å². The fraction of sp³-hybridized carbons (Fsp3) is 1.00. The normalized spacial score (nSPS) is 34.5. The summed E-state index contributed by atoms with van der Waals surface area (Å²) in [6.07, 6.45) is 6.56. The van der Waals surface area contributed by atoms with Crippen molar-refractivity contribution >= 4 is 0 Å². The number of hydrogen-bond acceptors (Lipinski definition) is 1. The van der Waals surface area contributed by atoms with Gasteiger partial charge in [0.25, 0.3) is 0 Å². The Bertz CT molecular complexity index is 169. The second kappa shape index (κ2) is 4.65. The van der Waals surface area contributed by atoms with Gasteiger partial charge in [-0.3, -0.25) is 0 Å². The van der Waals surface area contributed by atoms with Crippen LogP contribution in [0.15, 0.2) is 0 Å². The third-order valence-electron chi connectivity index (χ3n) is 3.67. The molecule has 0 saturated heterocycles. The first-order valence-electron chi connectivity index (χ1n) is 6.14. The molecule has 0 amide bonds. The zero-order valence-electron chi connectivity index (χ0n) is 10.3. The van der Waals surface area contributed by atoms with Gasteiger partial charge in [-0.25, -0.2) is 0 Å². The van der Waals surface area contributed by atoms with Crippen LogP contribution in [0.5, 0.6) is 0 Å². The molecule has 3 unspecified atom stereocenters. The van der Waals surface area contributed by atoms with Crippen molar-refractivity contribution < 1.29 is 0 Å². The summed E-state index contributed by atoms with van der Waals surface area (Å²) >= 11 is 0. The van der Waals surface area contributed by atoms with Gasteiger partial charge in [-0.05, 0) is 49.4 Å². The summed E-state index contributed by atoms with van der Waals surface area (Å²) in [4.78, 5) is 0. The first-order chi connectivity index (χ1) is 6.38. The van der Waals surface area contributed by atoms with Crippen LogP contribution in [-0.4, -0.2) is 6.04 Å². The maximum Gasteiger partial charge on any atom is 0.00416 e. The minimum absolute atomic E-state index is 0.483. The number of hydrogen-bond donors (Lipinski definition) is 1. The molecule has 0 aliphatic heterocycles. The highest BCUT2D eigenvalue weighted by molar-refractivity contribution is 4.80. The monoisotopic (exact) mass is 197 g/mol. The van der Waals surface area contributed by atoms with Crippen LogP contribution in [-0.2, 0) is 0 Å². The van der Waals surface area contributed by atoms with Crippen LogP contribution in [0, 0.1) is 17.3 Å². The van der Waals surface area contributed by atoms with Crippen molar-refractivity contribution in [3.05, 3.63) is 0 Å². The zero-order valence-corrected chi connectivity index (χ0v) is 10.3. The van der Waals surface area contributed by atoms with E-state index in [4.69, 9.17) is 5.73 Å². The van der Waals surface area contributed by atoms with Crippen molar-refractivity contribution in [2.24, 2.45) is 23.0 Å². The third kappa shape index (κ3) is 4.00. The first kappa shape index (κ1) is 12.0. The first-order valence-corrected chi connectivity index (χ1v) is 6.14. The van der Waals surface area contributed by atoms with Gasteiger partial charge in [-0.15, -0.1) is 0 Å². The molecule has 1 fully saturated rings. The van der Waals surface area contributed by atoms with E-state index in [1.165, 1.54) is 32.1 Å². The molecule has 0 radical (unpaired) electrons. The van der Waals surface area contributed by atoms with E-state index in [0.29, 0.717) is 11.5 Å². The van der Waals surface area contributed by atoms with Gasteiger partial charge in [0, 0.05) is 6.04 Å². The molecule has 1 saturated carbocycles. The van der Waals surface area contributed by atoms with Crippen LogP contribution in [0.4, 0.5) is 0 Å². The van der Waals surface area contributed by atoms with Crippen molar-refractivity contribution in [2.75, 3.05) is 0 Å². The van der Waals surface area contributed by atoms with E-state index in [2.05, 4.69) is 27.7 Å². The van der Waals surface area contributed by atoms with E-state index < -0.39 is 0 Å². The summed E-state index contributed by atoms with van der Waals surface area (Å²) in [7, 11) is 0. The molecule has 1 aliphatic rings. The summed E-state index contributed by atoms with van der Waals surface area (Å²) in [5.74, 6) is 1.79. The lowest BCUT2D eigenvalue weighted by molar-refractivity contribution is 0.194. The second-order valence-electron chi connectivity index (χ2n) is 6.41. The SMILES string of the molecule is CC1CCC(N)CC1CCC(C)(C)C. The molecule has 0 bridgehead atoms. The van der Waals surface area contributed by atoms with Crippen LogP contribution in [0.1, 0.15) is 59.8 Å². The van der Waals surface area contributed by atoms with Crippen molar-refractivity contribution in [1.29, 1.82) is 0 Å². The molecule has 0 spiro atoms. The van der Waals surface area contributed by atoms with E-state index in [9.17, 15) is 0 Å². The Balaban J connectivity index is 2.35. The topological polar surface area (TPSA) is 26.0 Å². The zero-order chi connectivity index (χ0) is 10.8. The molecule has 0 aromatic heterocycles. The maximum atomic E-state index is 6.03. The number of nitrogens with two attached hydrogens (primary N) is 1. The van der Waals surface area contributed by atoms with E-state index in [1.807, 2.05) is 0 Å². The van der Waals surface area contributed by atoms with Gasteiger partial charge >= 0.3 is 0 Å². The molecule has 0 heterocycles.